The molecule has 0 saturated heterocycles. The Morgan fingerprint density at radius 3 is 1.72 bits per heavy atom. The van der Waals surface area contributed by atoms with Gasteiger partial charge in [0.15, 0.2) is 0 Å². The Morgan fingerprint density at radius 1 is 0.667 bits per heavy atom. The topological polar surface area (TPSA) is 40.5 Å². The van der Waals surface area contributed by atoms with Gasteiger partial charge in [0.1, 0.15) is 0 Å². The quantitative estimate of drug-likeness (QED) is 0.575. The molecule has 18 heavy (non-hydrogen) atoms. The van der Waals surface area contributed by atoms with E-state index < -0.39 is 0 Å². The van der Waals surface area contributed by atoms with Crippen molar-refractivity contribution < 1.29 is 10.2 Å². The van der Waals surface area contributed by atoms with Crippen molar-refractivity contribution in [1.29, 1.82) is 0 Å². The summed E-state index contributed by atoms with van der Waals surface area (Å²) in [5.41, 5.74) is -0.306. The molecule has 1 rings (SSSR count). The number of hydrogen-bond donors (Lipinski definition) is 2. The zero-order chi connectivity index (χ0) is 13.1. The van der Waals surface area contributed by atoms with Gasteiger partial charge in [-0.1, -0.05) is 64.2 Å². The highest BCUT2D eigenvalue weighted by Crippen LogP contribution is 2.32. The second kappa shape index (κ2) is 9.80. The van der Waals surface area contributed by atoms with E-state index in [-0.39, 0.29) is 5.60 Å². The molecular formula is C16H32O2. The predicted molar refractivity (Wildman–Crippen MR) is 76.7 cm³/mol. The predicted octanol–water partition coefficient (Wildman–Crippen LogP) is 4.18. The lowest BCUT2D eigenvalue weighted by Gasteiger charge is -2.32. The van der Waals surface area contributed by atoms with Crippen LogP contribution in [0.15, 0.2) is 0 Å². The Kier molecular flexibility index (Phi) is 8.70. The first kappa shape index (κ1) is 16.0. The maximum atomic E-state index is 10.3. The van der Waals surface area contributed by atoms with E-state index in [1.54, 1.807) is 0 Å². The standard InChI is InChI=1S/C16H32O2/c17-15-11-6-4-2-1-3-5-8-12-16(18)13-9-7-10-14-16/h17-18H,1-15H2. The highest BCUT2D eigenvalue weighted by atomic mass is 16.3. The van der Waals surface area contributed by atoms with Crippen LogP contribution in [-0.2, 0) is 0 Å². The average Bonchev–Trinajstić information content (AvgIpc) is 2.38. The fraction of sp³-hybridized carbons (Fsp3) is 1.00. The van der Waals surface area contributed by atoms with E-state index in [9.17, 15) is 5.11 Å². The minimum absolute atomic E-state index is 0.306. The summed E-state index contributed by atoms with van der Waals surface area (Å²) in [4.78, 5) is 0. The highest BCUT2D eigenvalue weighted by Gasteiger charge is 2.27. The van der Waals surface area contributed by atoms with Crippen LogP contribution >= 0.6 is 0 Å². The lowest BCUT2D eigenvalue weighted by atomic mass is 9.81. The van der Waals surface area contributed by atoms with Gasteiger partial charge in [0.25, 0.3) is 0 Å². The molecule has 0 radical (unpaired) electrons. The van der Waals surface area contributed by atoms with Crippen molar-refractivity contribution in [3.63, 3.8) is 0 Å². The summed E-state index contributed by atoms with van der Waals surface area (Å²) in [7, 11) is 0. The minimum atomic E-state index is -0.306. The van der Waals surface area contributed by atoms with Crippen LogP contribution in [-0.4, -0.2) is 22.4 Å². The fourth-order valence-electron chi connectivity index (χ4n) is 3.09. The molecule has 1 aliphatic carbocycles. The van der Waals surface area contributed by atoms with Crippen LogP contribution in [0, 0.1) is 0 Å². The Labute approximate surface area is 113 Å². The molecule has 0 aromatic rings. The van der Waals surface area contributed by atoms with E-state index >= 15 is 0 Å². The van der Waals surface area contributed by atoms with Gasteiger partial charge in [0, 0.05) is 6.61 Å². The monoisotopic (exact) mass is 256 g/mol. The number of aliphatic hydroxyl groups is 2. The van der Waals surface area contributed by atoms with Crippen LogP contribution in [0.4, 0.5) is 0 Å². The third-order valence-electron chi connectivity index (χ3n) is 4.33. The fourth-order valence-corrected chi connectivity index (χ4v) is 3.09. The first-order valence-corrected chi connectivity index (χ1v) is 8.10. The number of rotatable bonds is 10. The highest BCUT2D eigenvalue weighted by molar-refractivity contribution is 4.81. The molecule has 0 atom stereocenters. The summed E-state index contributed by atoms with van der Waals surface area (Å²) in [6, 6.07) is 0. The van der Waals surface area contributed by atoms with Crippen molar-refractivity contribution in [3.05, 3.63) is 0 Å². The van der Waals surface area contributed by atoms with Gasteiger partial charge < -0.3 is 10.2 Å². The van der Waals surface area contributed by atoms with Crippen molar-refractivity contribution in [2.75, 3.05) is 6.61 Å². The summed E-state index contributed by atoms with van der Waals surface area (Å²) < 4.78 is 0. The van der Waals surface area contributed by atoms with Crippen molar-refractivity contribution in [1.82, 2.24) is 0 Å². The minimum Gasteiger partial charge on any atom is -0.396 e. The van der Waals surface area contributed by atoms with Gasteiger partial charge in [-0.05, 0) is 25.7 Å². The Bertz CT molecular complexity index is 186. The average molecular weight is 256 g/mol. The van der Waals surface area contributed by atoms with Crippen molar-refractivity contribution in [3.8, 4) is 0 Å². The summed E-state index contributed by atoms with van der Waals surface area (Å²) in [5.74, 6) is 0. The molecule has 0 aromatic carbocycles. The van der Waals surface area contributed by atoms with Crippen molar-refractivity contribution in [2.45, 2.75) is 95.5 Å². The Morgan fingerprint density at radius 2 is 1.17 bits per heavy atom. The van der Waals surface area contributed by atoms with Gasteiger partial charge >= 0.3 is 0 Å². The third kappa shape index (κ3) is 7.38. The molecule has 0 bridgehead atoms. The third-order valence-corrected chi connectivity index (χ3v) is 4.33. The van der Waals surface area contributed by atoms with Crippen LogP contribution in [0.5, 0.6) is 0 Å². The first-order chi connectivity index (χ1) is 8.77. The number of hydrogen-bond acceptors (Lipinski definition) is 2. The van der Waals surface area contributed by atoms with Gasteiger partial charge in [-0.2, -0.15) is 0 Å². The molecule has 1 aliphatic rings. The van der Waals surface area contributed by atoms with Crippen LogP contribution in [0.1, 0.15) is 89.9 Å². The van der Waals surface area contributed by atoms with Crippen molar-refractivity contribution in [2.24, 2.45) is 0 Å². The molecule has 108 valence electrons. The van der Waals surface area contributed by atoms with Gasteiger partial charge in [-0.25, -0.2) is 0 Å². The number of unbranched alkanes of at least 4 members (excludes halogenated alkanes) is 7. The largest absolute Gasteiger partial charge is 0.396 e. The van der Waals surface area contributed by atoms with Crippen LogP contribution in [0.25, 0.3) is 0 Å². The molecule has 1 saturated carbocycles. The molecule has 0 spiro atoms. The molecule has 0 heterocycles. The summed E-state index contributed by atoms with van der Waals surface area (Å²) in [5, 5.41) is 19.0. The van der Waals surface area contributed by atoms with Gasteiger partial charge in [-0.15, -0.1) is 0 Å². The van der Waals surface area contributed by atoms with E-state index in [0.29, 0.717) is 6.61 Å². The van der Waals surface area contributed by atoms with E-state index in [4.69, 9.17) is 5.11 Å². The summed E-state index contributed by atoms with van der Waals surface area (Å²) in [6.07, 6.45) is 16.7. The Balaban J connectivity index is 1.86. The van der Waals surface area contributed by atoms with E-state index in [1.807, 2.05) is 0 Å². The van der Waals surface area contributed by atoms with Crippen LogP contribution < -0.4 is 0 Å². The molecule has 0 amide bonds. The van der Waals surface area contributed by atoms with Gasteiger partial charge in [0.2, 0.25) is 0 Å². The van der Waals surface area contributed by atoms with Crippen molar-refractivity contribution >= 4 is 0 Å². The molecule has 0 unspecified atom stereocenters. The Hall–Kier alpha value is -0.0800. The van der Waals surface area contributed by atoms with E-state index in [2.05, 4.69) is 0 Å². The SMILES string of the molecule is OCCCCCCCCCCC1(O)CCCCC1. The molecular weight excluding hydrogens is 224 g/mol. The van der Waals surface area contributed by atoms with E-state index in [0.717, 1.165) is 25.7 Å². The summed E-state index contributed by atoms with van der Waals surface area (Å²) >= 11 is 0. The molecule has 0 aliphatic heterocycles. The zero-order valence-corrected chi connectivity index (χ0v) is 12.0. The molecule has 1 fully saturated rings. The van der Waals surface area contributed by atoms with E-state index in [1.165, 1.54) is 64.2 Å². The number of aliphatic hydroxyl groups excluding tert-OH is 1. The van der Waals surface area contributed by atoms with Crippen LogP contribution in [0.3, 0.4) is 0 Å². The zero-order valence-electron chi connectivity index (χ0n) is 12.0. The normalized spacial score (nSPS) is 19.0. The summed E-state index contributed by atoms with van der Waals surface area (Å²) in [6.45, 7) is 0.346. The second-order valence-electron chi connectivity index (χ2n) is 6.09. The lowest BCUT2D eigenvalue weighted by molar-refractivity contribution is -0.00587. The van der Waals surface area contributed by atoms with Crippen LogP contribution in [0.2, 0.25) is 0 Å². The maximum Gasteiger partial charge on any atom is 0.0647 e. The lowest BCUT2D eigenvalue weighted by Crippen LogP contribution is -2.30. The molecule has 2 N–H and O–H groups in total. The molecule has 2 heteroatoms. The molecule has 2 nitrogen and oxygen atoms in total. The smallest absolute Gasteiger partial charge is 0.0647 e. The molecule has 0 aromatic heterocycles. The maximum absolute atomic E-state index is 10.3. The van der Waals surface area contributed by atoms with Gasteiger partial charge in [-0.3, -0.25) is 0 Å². The first-order valence-electron chi connectivity index (χ1n) is 8.10. The van der Waals surface area contributed by atoms with Gasteiger partial charge in [0.05, 0.1) is 5.60 Å². The second-order valence-corrected chi connectivity index (χ2v) is 6.09.